The SMILES string of the molecule is O=C(CCN1C(=O)[C@@H]2CCCC[C@H]2C1=O)NCCc1ccc(OC(F)F)cc1. The van der Waals surface area contributed by atoms with Crippen molar-refractivity contribution in [3.63, 3.8) is 0 Å². The van der Waals surface area contributed by atoms with Crippen molar-refractivity contribution in [3.05, 3.63) is 29.8 Å². The van der Waals surface area contributed by atoms with E-state index in [0.717, 1.165) is 31.2 Å². The molecule has 2 aliphatic rings. The van der Waals surface area contributed by atoms with Crippen LogP contribution in [0.3, 0.4) is 0 Å². The number of halogens is 2. The van der Waals surface area contributed by atoms with Crippen LogP contribution in [0, 0.1) is 11.8 Å². The van der Waals surface area contributed by atoms with Crippen LogP contribution >= 0.6 is 0 Å². The Morgan fingerprint density at radius 3 is 2.29 bits per heavy atom. The molecule has 6 nitrogen and oxygen atoms in total. The van der Waals surface area contributed by atoms with Crippen LogP contribution in [0.25, 0.3) is 0 Å². The van der Waals surface area contributed by atoms with Gasteiger partial charge >= 0.3 is 6.61 Å². The number of nitrogens with one attached hydrogen (secondary N) is 1. The van der Waals surface area contributed by atoms with Crippen LogP contribution in [0.1, 0.15) is 37.7 Å². The minimum atomic E-state index is -2.86. The van der Waals surface area contributed by atoms with Gasteiger partial charge in [-0.2, -0.15) is 8.78 Å². The summed E-state index contributed by atoms with van der Waals surface area (Å²) >= 11 is 0. The third kappa shape index (κ3) is 4.85. The number of benzene rings is 1. The Labute approximate surface area is 162 Å². The van der Waals surface area contributed by atoms with Crippen molar-refractivity contribution in [2.75, 3.05) is 13.1 Å². The quantitative estimate of drug-likeness (QED) is 0.688. The van der Waals surface area contributed by atoms with Gasteiger partial charge in [-0.25, -0.2) is 0 Å². The summed E-state index contributed by atoms with van der Waals surface area (Å²) in [5.41, 5.74) is 0.871. The van der Waals surface area contributed by atoms with E-state index in [1.165, 1.54) is 17.0 Å². The van der Waals surface area contributed by atoms with Gasteiger partial charge in [0.2, 0.25) is 17.7 Å². The van der Waals surface area contributed by atoms with Gasteiger partial charge in [0.1, 0.15) is 5.75 Å². The number of rotatable bonds is 8. The predicted octanol–water partition coefficient (Wildman–Crippen LogP) is 2.51. The molecule has 1 N–H and O–H groups in total. The Kier molecular flexibility index (Phi) is 6.59. The Morgan fingerprint density at radius 2 is 1.71 bits per heavy atom. The summed E-state index contributed by atoms with van der Waals surface area (Å²) in [6.45, 7) is -2.36. The van der Waals surface area contributed by atoms with E-state index in [1.807, 2.05) is 0 Å². The number of alkyl halides is 2. The minimum Gasteiger partial charge on any atom is -0.435 e. The van der Waals surface area contributed by atoms with E-state index in [2.05, 4.69) is 10.1 Å². The van der Waals surface area contributed by atoms with E-state index >= 15 is 0 Å². The zero-order valence-electron chi connectivity index (χ0n) is 15.5. The Hall–Kier alpha value is -2.51. The zero-order chi connectivity index (χ0) is 20.1. The maximum absolute atomic E-state index is 12.4. The number of ether oxygens (including phenoxy) is 1. The second-order valence-corrected chi connectivity index (χ2v) is 7.20. The van der Waals surface area contributed by atoms with Gasteiger partial charge in [0, 0.05) is 19.5 Å². The summed E-state index contributed by atoms with van der Waals surface area (Å²) < 4.78 is 28.5. The molecule has 28 heavy (non-hydrogen) atoms. The smallest absolute Gasteiger partial charge is 0.387 e. The van der Waals surface area contributed by atoms with E-state index in [4.69, 9.17) is 0 Å². The highest BCUT2D eigenvalue weighted by Gasteiger charge is 2.47. The number of hydrogen-bond donors (Lipinski definition) is 1. The van der Waals surface area contributed by atoms with Crippen LogP contribution in [0.5, 0.6) is 5.75 Å². The van der Waals surface area contributed by atoms with Crippen LogP contribution in [-0.2, 0) is 20.8 Å². The number of carbonyl (C=O) groups excluding carboxylic acids is 3. The molecule has 1 heterocycles. The Bertz CT molecular complexity index is 699. The maximum atomic E-state index is 12.4. The van der Waals surface area contributed by atoms with E-state index in [-0.39, 0.29) is 48.3 Å². The van der Waals surface area contributed by atoms with Gasteiger partial charge < -0.3 is 10.1 Å². The molecule has 2 atom stereocenters. The Morgan fingerprint density at radius 1 is 1.11 bits per heavy atom. The van der Waals surface area contributed by atoms with Crippen molar-refractivity contribution in [3.8, 4) is 5.75 Å². The lowest BCUT2D eigenvalue weighted by atomic mass is 9.81. The van der Waals surface area contributed by atoms with Crippen LogP contribution < -0.4 is 10.1 Å². The molecule has 3 rings (SSSR count). The fourth-order valence-electron chi connectivity index (χ4n) is 3.94. The second-order valence-electron chi connectivity index (χ2n) is 7.20. The van der Waals surface area contributed by atoms with Gasteiger partial charge in [-0.05, 0) is 37.0 Å². The van der Waals surface area contributed by atoms with E-state index < -0.39 is 6.61 Å². The standard InChI is InChI=1S/C20H24F2N2O4/c21-20(22)28-14-7-5-13(6-8-14)9-11-23-17(25)10-12-24-18(26)15-3-1-2-4-16(15)19(24)27/h5-8,15-16,20H,1-4,9-12H2,(H,23,25)/t15-,16-/m1/s1. The molecule has 3 amide bonds. The van der Waals surface area contributed by atoms with Gasteiger partial charge in [0.05, 0.1) is 11.8 Å². The van der Waals surface area contributed by atoms with Gasteiger partial charge in [-0.15, -0.1) is 0 Å². The normalized spacial score (nSPS) is 21.8. The molecule has 2 fully saturated rings. The number of imide groups is 1. The zero-order valence-corrected chi connectivity index (χ0v) is 15.5. The van der Waals surface area contributed by atoms with Gasteiger partial charge in [0.25, 0.3) is 0 Å². The second kappa shape index (κ2) is 9.12. The molecule has 1 aromatic carbocycles. The predicted molar refractivity (Wildman–Crippen MR) is 96.6 cm³/mol. The number of likely N-dealkylation sites (tertiary alicyclic amines) is 1. The third-order valence-corrected chi connectivity index (χ3v) is 5.38. The van der Waals surface area contributed by atoms with Crippen molar-refractivity contribution < 1.29 is 27.9 Å². The monoisotopic (exact) mass is 394 g/mol. The molecule has 1 aromatic rings. The summed E-state index contributed by atoms with van der Waals surface area (Å²) in [6, 6.07) is 6.22. The Balaban J connectivity index is 1.39. The van der Waals surface area contributed by atoms with Crippen LogP contribution in [0.4, 0.5) is 8.78 Å². The number of carbonyl (C=O) groups is 3. The summed E-state index contributed by atoms with van der Waals surface area (Å²) in [7, 11) is 0. The highest BCUT2D eigenvalue weighted by atomic mass is 19.3. The fourth-order valence-corrected chi connectivity index (χ4v) is 3.94. The molecule has 152 valence electrons. The van der Waals surface area contributed by atoms with Crippen molar-refractivity contribution in [1.29, 1.82) is 0 Å². The van der Waals surface area contributed by atoms with Gasteiger partial charge in [-0.1, -0.05) is 25.0 Å². The third-order valence-electron chi connectivity index (χ3n) is 5.38. The number of amides is 3. The van der Waals surface area contributed by atoms with Gasteiger partial charge in [-0.3, -0.25) is 19.3 Å². The lowest BCUT2D eigenvalue weighted by molar-refractivity contribution is -0.140. The topological polar surface area (TPSA) is 75.7 Å². The first kappa shape index (κ1) is 20.2. The van der Waals surface area contributed by atoms with Crippen LogP contribution in [0.15, 0.2) is 24.3 Å². The molecule has 0 spiro atoms. The summed E-state index contributed by atoms with van der Waals surface area (Å²) in [4.78, 5) is 38.0. The largest absolute Gasteiger partial charge is 0.435 e. The van der Waals surface area contributed by atoms with Crippen molar-refractivity contribution in [2.24, 2.45) is 11.8 Å². The molecule has 0 unspecified atom stereocenters. The molecule has 0 radical (unpaired) electrons. The summed E-state index contributed by atoms with van der Waals surface area (Å²) in [5, 5.41) is 2.75. The number of hydrogen-bond acceptors (Lipinski definition) is 4. The van der Waals surface area contributed by atoms with Crippen molar-refractivity contribution >= 4 is 17.7 Å². The highest BCUT2D eigenvalue weighted by molar-refractivity contribution is 6.05. The molecule has 1 aliphatic heterocycles. The van der Waals surface area contributed by atoms with Crippen molar-refractivity contribution in [1.82, 2.24) is 10.2 Å². The lowest BCUT2D eigenvalue weighted by Crippen LogP contribution is -2.35. The van der Waals surface area contributed by atoms with Crippen molar-refractivity contribution in [2.45, 2.75) is 45.1 Å². The van der Waals surface area contributed by atoms with Crippen LogP contribution in [-0.4, -0.2) is 42.3 Å². The van der Waals surface area contributed by atoms with E-state index in [1.54, 1.807) is 12.1 Å². The van der Waals surface area contributed by atoms with Gasteiger partial charge in [0.15, 0.2) is 0 Å². The fraction of sp³-hybridized carbons (Fsp3) is 0.550. The molecular formula is C20H24F2N2O4. The molecule has 1 aliphatic carbocycles. The minimum absolute atomic E-state index is 0.0814. The average molecular weight is 394 g/mol. The maximum Gasteiger partial charge on any atom is 0.387 e. The average Bonchev–Trinajstić information content (AvgIpc) is 2.92. The summed E-state index contributed by atoms with van der Waals surface area (Å²) in [5.74, 6) is -0.790. The van der Waals surface area contributed by atoms with E-state index in [0.29, 0.717) is 13.0 Å². The van der Waals surface area contributed by atoms with Crippen LogP contribution in [0.2, 0.25) is 0 Å². The molecule has 0 aromatic heterocycles. The first-order valence-electron chi connectivity index (χ1n) is 9.61. The molecule has 0 bridgehead atoms. The molecule has 8 heteroatoms. The number of nitrogens with zero attached hydrogens (tertiary/aromatic N) is 1. The first-order valence-corrected chi connectivity index (χ1v) is 9.61. The molecule has 1 saturated heterocycles. The van der Waals surface area contributed by atoms with E-state index in [9.17, 15) is 23.2 Å². The lowest BCUT2D eigenvalue weighted by Gasteiger charge is -2.19. The molecule has 1 saturated carbocycles. The number of fused-ring (bicyclic) bond motifs is 1. The first-order chi connectivity index (χ1) is 13.5. The summed E-state index contributed by atoms with van der Waals surface area (Å²) in [6.07, 6.45) is 4.09. The molecular weight excluding hydrogens is 370 g/mol. The highest BCUT2D eigenvalue weighted by Crippen LogP contribution is 2.37.